The molecule has 1 N–H and O–H groups in total. The zero-order chi connectivity index (χ0) is 37.7. The van der Waals surface area contributed by atoms with Gasteiger partial charge in [0.1, 0.15) is 23.3 Å². The molecule has 0 radical (unpaired) electrons. The van der Waals surface area contributed by atoms with Crippen molar-refractivity contribution in [2.24, 2.45) is 5.41 Å². The van der Waals surface area contributed by atoms with Crippen LogP contribution in [0.5, 0.6) is 0 Å². The molecule has 3 atom stereocenters. The molecule has 0 saturated heterocycles. The summed E-state index contributed by atoms with van der Waals surface area (Å²) in [5.74, 6) is -0.724. The fourth-order valence-corrected chi connectivity index (χ4v) is 7.39. The average molecular weight is 746 g/mol. The molecule has 2 amide bonds. The molecule has 2 heterocycles. The van der Waals surface area contributed by atoms with Crippen LogP contribution in [0, 0.1) is 16.7 Å². The average Bonchev–Trinajstić information content (AvgIpc) is 3.69. The molecule has 1 fully saturated rings. The summed E-state index contributed by atoms with van der Waals surface area (Å²) in [6.07, 6.45) is -3.70. The Labute approximate surface area is 301 Å². The normalized spacial score (nSPS) is 18.1. The van der Waals surface area contributed by atoms with Gasteiger partial charge in [-0.1, -0.05) is 37.8 Å². The lowest BCUT2D eigenvalue weighted by Crippen LogP contribution is -2.47. The smallest absolute Gasteiger partial charge is 0.416 e. The van der Waals surface area contributed by atoms with E-state index in [0.29, 0.717) is 36.0 Å². The predicted molar refractivity (Wildman–Crippen MR) is 191 cm³/mol. The van der Waals surface area contributed by atoms with E-state index in [-0.39, 0.29) is 23.7 Å². The zero-order valence-corrected chi connectivity index (χ0v) is 32.1. The second-order valence-electron chi connectivity index (χ2n) is 16.1. The molecule has 1 saturated carbocycles. The van der Waals surface area contributed by atoms with Crippen molar-refractivity contribution in [1.82, 2.24) is 19.2 Å². The fourth-order valence-electron chi connectivity index (χ4n) is 5.84. The van der Waals surface area contributed by atoms with Crippen LogP contribution >= 0.6 is 0 Å². The number of alkyl halides is 3. The van der Waals surface area contributed by atoms with Crippen molar-refractivity contribution in [3.05, 3.63) is 65.0 Å². The number of aromatic nitrogens is 2. The van der Waals surface area contributed by atoms with Gasteiger partial charge in [-0.05, 0) is 83.3 Å². The summed E-state index contributed by atoms with van der Waals surface area (Å²) in [5.41, 5.74) is -1.47. The van der Waals surface area contributed by atoms with Crippen LogP contribution in [0.2, 0.25) is 25.7 Å². The number of fused-ring (bicyclic) bond motifs is 2. The molecule has 1 unspecified atom stereocenters. The van der Waals surface area contributed by atoms with E-state index in [1.54, 1.807) is 67.8 Å². The molecule has 1 aromatic heterocycles. The van der Waals surface area contributed by atoms with Crippen LogP contribution in [0.1, 0.15) is 91.6 Å². The number of hydrogen-bond acceptors (Lipinski definition) is 8. The molecule has 10 nitrogen and oxygen atoms in total. The Balaban J connectivity index is 1.63. The maximum absolute atomic E-state index is 13.9. The quantitative estimate of drug-likeness (QED) is 0.0780. The Morgan fingerprint density at radius 2 is 1.67 bits per heavy atom. The summed E-state index contributed by atoms with van der Waals surface area (Å²) in [6, 6.07) is 13.0. The van der Waals surface area contributed by atoms with Crippen LogP contribution in [0.4, 0.5) is 13.2 Å². The molecule has 2 aliphatic rings. The lowest BCUT2D eigenvalue weighted by molar-refractivity contribution is -0.265. The van der Waals surface area contributed by atoms with Crippen molar-refractivity contribution in [2.75, 3.05) is 13.2 Å². The second kappa shape index (κ2) is 13.9. The van der Waals surface area contributed by atoms with Gasteiger partial charge < -0.3 is 18.6 Å². The minimum atomic E-state index is -4.67. The minimum Gasteiger partial charge on any atom is -0.598 e. The molecule has 1 aliphatic heterocycles. The molecule has 51 heavy (non-hydrogen) atoms. The standard InChI is InChI=1S/C36H46F3N5O5SSi/c1-33(2,3)50(47)42-27(20-49-34(4,5)36(37,38)39)30-41-26-14-13-23(19-28(26)43(30)22-48-17-18-51(6,7)8)29(35(21-40)15-16-35)44-31(45)24-11-9-10-12-25(24)32(44)46/h9-14,19,27,29,42H,15-18,20,22H2,1-8H3/t27-,29-,50?/m0/s1. The summed E-state index contributed by atoms with van der Waals surface area (Å²) in [5, 5.41) is 10.4. The Morgan fingerprint density at radius 1 is 1.06 bits per heavy atom. The molecule has 276 valence electrons. The van der Waals surface area contributed by atoms with Gasteiger partial charge in [0.2, 0.25) is 0 Å². The van der Waals surface area contributed by atoms with Gasteiger partial charge in [-0.2, -0.15) is 18.4 Å². The van der Waals surface area contributed by atoms with Gasteiger partial charge in [0.05, 0.1) is 46.3 Å². The van der Waals surface area contributed by atoms with Gasteiger partial charge in [0, 0.05) is 26.0 Å². The number of hydrogen-bond donors (Lipinski definition) is 1. The lowest BCUT2D eigenvalue weighted by atomic mass is 9.89. The first kappa shape index (κ1) is 39.0. The predicted octanol–water partition coefficient (Wildman–Crippen LogP) is 7.44. The second-order valence-corrected chi connectivity index (χ2v) is 23.7. The van der Waals surface area contributed by atoms with Gasteiger partial charge in [-0.15, -0.1) is 4.72 Å². The van der Waals surface area contributed by atoms with E-state index in [9.17, 15) is 32.6 Å². The van der Waals surface area contributed by atoms with Gasteiger partial charge >= 0.3 is 6.18 Å². The number of imide groups is 1. The first-order valence-electron chi connectivity index (χ1n) is 16.9. The number of benzene rings is 2. The maximum Gasteiger partial charge on any atom is 0.416 e. The highest BCUT2D eigenvalue weighted by molar-refractivity contribution is 7.90. The molecule has 1 aliphatic carbocycles. The van der Waals surface area contributed by atoms with Crippen molar-refractivity contribution >= 4 is 42.3 Å². The van der Waals surface area contributed by atoms with Crippen molar-refractivity contribution < 1.29 is 36.8 Å². The number of imidazole rings is 1. The monoisotopic (exact) mass is 745 g/mol. The number of halogens is 3. The molecule has 15 heteroatoms. The summed E-state index contributed by atoms with van der Waals surface area (Å²) in [4.78, 5) is 33.5. The van der Waals surface area contributed by atoms with Crippen LogP contribution in [0.15, 0.2) is 42.5 Å². The lowest BCUT2D eigenvalue weighted by Gasteiger charge is -2.32. The van der Waals surface area contributed by atoms with Gasteiger partial charge in [0.15, 0.2) is 5.60 Å². The van der Waals surface area contributed by atoms with Gasteiger partial charge in [-0.25, -0.2) is 4.98 Å². The molecular formula is C36H46F3N5O5SSi. The van der Waals surface area contributed by atoms with Crippen molar-refractivity contribution in [3.63, 3.8) is 0 Å². The topological polar surface area (TPSA) is 133 Å². The van der Waals surface area contributed by atoms with Crippen molar-refractivity contribution in [1.29, 1.82) is 5.26 Å². The number of nitriles is 1. The molecule has 3 aromatic rings. The molecule has 0 spiro atoms. The highest BCUT2D eigenvalue weighted by Crippen LogP contribution is 2.58. The van der Waals surface area contributed by atoms with E-state index in [1.807, 2.05) is 0 Å². The van der Waals surface area contributed by atoms with Gasteiger partial charge in [-0.3, -0.25) is 14.5 Å². The number of rotatable bonds is 14. The Bertz CT molecular complexity index is 1810. The first-order chi connectivity index (χ1) is 23.6. The van der Waals surface area contributed by atoms with Gasteiger partial charge in [0.25, 0.3) is 11.8 Å². The molecule has 2 aromatic carbocycles. The van der Waals surface area contributed by atoms with E-state index >= 15 is 0 Å². The summed E-state index contributed by atoms with van der Waals surface area (Å²) in [7, 11) is -1.49. The number of nitrogens with one attached hydrogen (secondary N) is 1. The van der Waals surface area contributed by atoms with Crippen LogP contribution in [-0.4, -0.2) is 68.6 Å². The Kier molecular flexibility index (Phi) is 10.7. The minimum absolute atomic E-state index is 0.0379. The number of nitrogens with zero attached hydrogens (tertiary/aromatic N) is 4. The van der Waals surface area contributed by atoms with Crippen LogP contribution in [0.25, 0.3) is 11.0 Å². The Hall–Kier alpha value is -3.26. The van der Waals surface area contributed by atoms with E-state index in [2.05, 4.69) is 30.4 Å². The number of ether oxygens (including phenoxy) is 2. The van der Waals surface area contributed by atoms with Crippen molar-refractivity contribution in [2.45, 2.75) is 108 Å². The number of carbonyl (C=O) groups is 2. The Morgan fingerprint density at radius 3 is 2.18 bits per heavy atom. The van der Waals surface area contributed by atoms with E-state index in [1.165, 1.54) is 4.90 Å². The van der Waals surface area contributed by atoms with Crippen LogP contribution < -0.4 is 4.72 Å². The van der Waals surface area contributed by atoms with E-state index in [0.717, 1.165) is 19.9 Å². The summed E-state index contributed by atoms with van der Waals surface area (Å²) < 4.78 is 70.6. The fraction of sp³-hybridized carbons (Fsp3) is 0.556. The van der Waals surface area contributed by atoms with E-state index < -0.39 is 71.9 Å². The third-order valence-corrected chi connectivity index (χ3v) is 12.7. The van der Waals surface area contributed by atoms with Crippen LogP contribution in [0.3, 0.4) is 0 Å². The highest BCUT2D eigenvalue weighted by atomic mass is 32.2. The third kappa shape index (κ3) is 8.06. The summed E-state index contributed by atoms with van der Waals surface area (Å²) >= 11 is -1.73. The maximum atomic E-state index is 13.9. The molecule has 0 bridgehead atoms. The first-order valence-corrected chi connectivity index (χ1v) is 21.8. The number of amides is 2. The third-order valence-electron chi connectivity index (χ3n) is 9.36. The SMILES string of the molecule is CC(C)(C)[S+]([O-])N[C@@H](COC(C)(C)C(F)(F)F)c1nc2ccc([C@H](N3C(=O)c4ccccc4C3=O)C3(C#N)CC3)cc2n1COCC[Si](C)(C)C. The van der Waals surface area contributed by atoms with Crippen molar-refractivity contribution in [3.8, 4) is 6.07 Å². The highest BCUT2D eigenvalue weighted by Gasteiger charge is 2.57. The van der Waals surface area contributed by atoms with E-state index in [4.69, 9.17) is 14.5 Å². The zero-order valence-electron chi connectivity index (χ0n) is 30.3. The number of carbonyl (C=O) groups excluding carboxylic acids is 2. The molecular weight excluding hydrogens is 700 g/mol. The summed E-state index contributed by atoms with van der Waals surface area (Å²) in [6.45, 7) is 13.6. The molecule has 5 rings (SSSR count). The largest absolute Gasteiger partial charge is 0.598 e. The van der Waals surface area contributed by atoms with Crippen LogP contribution in [-0.2, 0) is 27.6 Å².